The third kappa shape index (κ3) is 4.83. The van der Waals surface area contributed by atoms with E-state index in [0.717, 1.165) is 23.5 Å². The van der Waals surface area contributed by atoms with Crippen LogP contribution in [0.15, 0.2) is 29.5 Å². The summed E-state index contributed by atoms with van der Waals surface area (Å²) < 4.78 is 2.25. The summed E-state index contributed by atoms with van der Waals surface area (Å²) in [6.07, 6.45) is 3.82. The SMILES string of the molecule is CC(C)C[C@H](CO)Nc1ncnc2c1sc(=O)n2S[C@@H](C)c1ccc(Cl)cn1. The minimum Gasteiger partial charge on any atom is -0.394 e. The second-order valence-electron chi connectivity index (χ2n) is 6.84. The van der Waals surface area contributed by atoms with Crippen LogP contribution in [0.1, 0.15) is 38.1 Å². The monoisotopic (exact) mass is 439 g/mol. The Kier molecular flexibility index (Phi) is 6.92. The first-order valence-corrected chi connectivity index (χ1v) is 10.9. The predicted octanol–water partition coefficient (Wildman–Crippen LogP) is 3.98. The van der Waals surface area contributed by atoms with Crippen molar-refractivity contribution < 1.29 is 5.11 Å². The summed E-state index contributed by atoms with van der Waals surface area (Å²) >= 11 is 8.34. The summed E-state index contributed by atoms with van der Waals surface area (Å²) in [5.41, 5.74) is 1.38. The zero-order valence-electron chi connectivity index (χ0n) is 15.8. The summed E-state index contributed by atoms with van der Waals surface area (Å²) in [7, 11) is 0. The fourth-order valence-corrected chi connectivity index (χ4v) is 4.88. The number of aliphatic hydroxyl groups excluding tert-OH is 1. The lowest BCUT2D eigenvalue weighted by atomic mass is 10.0. The van der Waals surface area contributed by atoms with Crippen LogP contribution in [0.4, 0.5) is 5.82 Å². The normalized spacial score (nSPS) is 13.8. The van der Waals surface area contributed by atoms with Gasteiger partial charge in [-0.2, -0.15) is 0 Å². The van der Waals surface area contributed by atoms with Gasteiger partial charge in [0, 0.05) is 6.20 Å². The number of anilines is 1. The Morgan fingerprint density at radius 2 is 2.07 bits per heavy atom. The average molecular weight is 440 g/mol. The molecule has 0 unspecified atom stereocenters. The van der Waals surface area contributed by atoms with E-state index in [1.807, 2.05) is 13.0 Å². The van der Waals surface area contributed by atoms with Gasteiger partial charge in [-0.25, -0.2) is 13.9 Å². The molecule has 0 saturated heterocycles. The number of fused-ring (bicyclic) bond motifs is 1. The Hall–Kier alpha value is -1.68. The molecule has 3 heterocycles. The van der Waals surface area contributed by atoms with E-state index in [1.165, 1.54) is 18.3 Å². The highest BCUT2D eigenvalue weighted by atomic mass is 35.5. The number of hydrogen-bond donors (Lipinski definition) is 2. The number of nitrogens with zero attached hydrogens (tertiary/aromatic N) is 4. The number of aliphatic hydroxyl groups is 1. The van der Waals surface area contributed by atoms with E-state index in [-0.39, 0.29) is 22.8 Å². The highest BCUT2D eigenvalue weighted by Gasteiger charge is 2.19. The van der Waals surface area contributed by atoms with Crippen molar-refractivity contribution in [1.82, 2.24) is 18.9 Å². The third-order valence-electron chi connectivity index (χ3n) is 4.08. The van der Waals surface area contributed by atoms with Crippen molar-refractivity contribution in [2.75, 3.05) is 11.9 Å². The fourth-order valence-electron chi connectivity index (χ4n) is 2.80. The van der Waals surface area contributed by atoms with Gasteiger partial charge in [0.2, 0.25) is 0 Å². The second kappa shape index (κ2) is 9.21. The third-order valence-corrected chi connectivity index (χ3v) is 6.46. The van der Waals surface area contributed by atoms with Crippen molar-refractivity contribution in [3.05, 3.63) is 45.0 Å². The maximum atomic E-state index is 12.6. The summed E-state index contributed by atoms with van der Waals surface area (Å²) in [5.74, 6) is 0.997. The second-order valence-corrected chi connectivity index (χ2v) is 9.52. The molecule has 2 N–H and O–H groups in total. The number of hydrogen-bond acceptors (Lipinski definition) is 8. The van der Waals surface area contributed by atoms with Crippen molar-refractivity contribution >= 4 is 51.1 Å². The average Bonchev–Trinajstić information content (AvgIpc) is 2.98. The van der Waals surface area contributed by atoms with E-state index in [9.17, 15) is 9.90 Å². The van der Waals surface area contributed by atoms with E-state index in [4.69, 9.17) is 11.6 Å². The maximum Gasteiger partial charge on any atom is 0.319 e. The molecule has 150 valence electrons. The van der Waals surface area contributed by atoms with Crippen molar-refractivity contribution in [1.29, 1.82) is 0 Å². The molecule has 10 heteroatoms. The Bertz CT molecular complexity index is 990. The molecule has 28 heavy (non-hydrogen) atoms. The van der Waals surface area contributed by atoms with E-state index in [2.05, 4.69) is 34.1 Å². The molecule has 3 rings (SSSR count). The van der Waals surface area contributed by atoms with Gasteiger partial charge in [0.1, 0.15) is 16.8 Å². The number of nitrogens with one attached hydrogen (secondary N) is 1. The lowest BCUT2D eigenvalue weighted by Gasteiger charge is -2.18. The van der Waals surface area contributed by atoms with Crippen molar-refractivity contribution in [3.63, 3.8) is 0 Å². The molecule has 2 atom stereocenters. The lowest BCUT2D eigenvalue weighted by Crippen LogP contribution is -2.26. The summed E-state index contributed by atoms with van der Waals surface area (Å²) in [5, 5.41) is 13.4. The fraction of sp³-hybridized carbons (Fsp3) is 0.444. The van der Waals surface area contributed by atoms with Crippen LogP contribution in [0.5, 0.6) is 0 Å². The topological polar surface area (TPSA) is 92.9 Å². The van der Waals surface area contributed by atoms with Crippen LogP contribution in [0.25, 0.3) is 10.3 Å². The Morgan fingerprint density at radius 3 is 2.71 bits per heavy atom. The standard InChI is InChI=1S/C18H22ClN5O2S2/c1-10(2)6-13(8-25)23-16-15-17(22-9-21-16)24(18(26)27-15)28-11(3)14-5-4-12(19)7-20-14/h4-5,7,9-11,13,25H,6,8H2,1-3H3,(H,21,22,23)/t11-,13+/m0/s1. The molecule has 3 aromatic rings. The minimum atomic E-state index is -0.131. The van der Waals surface area contributed by atoms with Gasteiger partial charge in [0.15, 0.2) is 5.65 Å². The molecule has 0 radical (unpaired) electrons. The van der Waals surface area contributed by atoms with Gasteiger partial charge in [-0.1, -0.05) is 36.8 Å². The van der Waals surface area contributed by atoms with Crippen LogP contribution in [0, 0.1) is 5.92 Å². The molecule has 0 amide bonds. The smallest absolute Gasteiger partial charge is 0.319 e. The highest BCUT2D eigenvalue weighted by Crippen LogP contribution is 2.32. The zero-order chi connectivity index (χ0) is 20.3. The van der Waals surface area contributed by atoms with E-state index in [1.54, 1.807) is 16.2 Å². The van der Waals surface area contributed by atoms with Crippen LogP contribution in [0.3, 0.4) is 0 Å². The first-order chi connectivity index (χ1) is 13.4. The molecule has 7 nitrogen and oxygen atoms in total. The first-order valence-electron chi connectivity index (χ1n) is 8.91. The number of halogens is 1. The summed E-state index contributed by atoms with van der Waals surface area (Å²) in [6.45, 7) is 6.16. The van der Waals surface area contributed by atoms with E-state index >= 15 is 0 Å². The molecule has 0 aliphatic carbocycles. The van der Waals surface area contributed by atoms with Gasteiger partial charge in [0.25, 0.3) is 0 Å². The molecule has 0 spiro atoms. The van der Waals surface area contributed by atoms with Crippen molar-refractivity contribution in [2.24, 2.45) is 5.92 Å². The van der Waals surface area contributed by atoms with Gasteiger partial charge in [-0.05, 0) is 43.3 Å². The van der Waals surface area contributed by atoms with Gasteiger partial charge in [0.05, 0.1) is 28.6 Å². The van der Waals surface area contributed by atoms with Gasteiger partial charge < -0.3 is 10.4 Å². The molecule has 0 aliphatic heterocycles. The minimum absolute atomic E-state index is 0.00664. The van der Waals surface area contributed by atoms with Gasteiger partial charge in [-0.15, -0.1) is 0 Å². The molecule has 0 fully saturated rings. The number of rotatable bonds is 8. The molecule has 0 bridgehead atoms. The Balaban J connectivity index is 1.89. The lowest BCUT2D eigenvalue weighted by molar-refractivity contribution is 0.259. The van der Waals surface area contributed by atoms with Crippen molar-refractivity contribution in [2.45, 2.75) is 38.5 Å². The largest absolute Gasteiger partial charge is 0.394 e. The Morgan fingerprint density at radius 1 is 1.29 bits per heavy atom. The first kappa shape index (κ1) is 21.0. The quantitative estimate of drug-likeness (QED) is 0.548. The van der Waals surface area contributed by atoms with Crippen LogP contribution in [0.2, 0.25) is 5.02 Å². The van der Waals surface area contributed by atoms with E-state index in [0.29, 0.717) is 27.1 Å². The van der Waals surface area contributed by atoms with Crippen LogP contribution < -0.4 is 10.2 Å². The number of pyridine rings is 1. The van der Waals surface area contributed by atoms with E-state index < -0.39 is 0 Å². The van der Waals surface area contributed by atoms with Crippen LogP contribution >= 0.6 is 34.9 Å². The number of aromatic nitrogens is 4. The summed E-state index contributed by atoms with van der Waals surface area (Å²) in [4.78, 5) is 25.4. The summed E-state index contributed by atoms with van der Waals surface area (Å²) in [6, 6.07) is 3.50. The van der Waals surface area contributed by atoms with Gasteiger partial charge >= 0.3 is 4.87 Å². The van der Waals surface area contributed by atoms with Crippen LogP contribution in [-0.2, 0) is 0 Å². The Labute approximate surface area is 176 Å². The zero-order valence-corrected chi connectivity index (χ0v) is 18.2. The van der Waals surface area contributed by atoms with Crippen molar-refractivity contribution in [3.8, 4) is 0 Å². The number of thiazole rings is 1. The predicted molar refractivity (Wildman–Crippen MR) is 116 cm³/mol. The maximum absolute atomic E-state index is 12.6. The molecular weight excluding hydrogens is 418 g/mol. The van der Waals surface area contributed by atoms with Crippen LogP contribution in [-0.4, -0.2) is 36.7 Å². The highest BCUT2D eigenvalue weighted by molar-refractivity contribution is 7.98. The molecule has 3 aromatic heterocycles. The molecule has 0 saturated carbocycles. The van der Waals surface area contributed by atoms with Gasteiger partial charge in [-0.3, -0.25) is 9.78 Å². The molecular formula is C18H22ClN5O2S2. The molecule has 0 aromatic carbocycles. The molecule has 0 aliphatic rings.